The molecule has 0 aromatic rings. The van der Waals surface area contributed by atoms with Gasteiger partial charge in [0.25, 0.3) is 0 Å². The first kappa shape index (κ1) is 5.22. The second-order valence-corrected chi connectivity index (χ2v) is 4.37. The summed E-state index contributed by atoms with van der Waals surface area (Å²) in [5.41, 5.74) is 0. The topological polar surface area (TPSA) is 0 Å². The monoisotopic (exact) mass is 214 g/mol. The van der Waals surface area contributed by atoms with Crippen LogP contribution in [0.5, 0.6) is 0 Å². The Kier molecular flexibility index (Phi) is 2.09. The quantitative estimate of drug-likeness (QED) is 0.438. The molecule has 36 valence electrons. The van der Waals surface area contributed by atoms with Crippen LogP contribution >= 0.6 is 34.4 Å². The molecule has 0 saturated carbocycles. The number of hydrogen-bond donors (Lipinski definition) is 0. The van der Waals surface area contributed by atoms with E-state index in [0.29, 0.717) is 0 Å². The summed E-state index contributed by atoms with van der Waals surface area (Å²) >= 11 is 4.59. The molecule has 1 heterocycles. The van der Waals surface area contributed by atoms with E-state index in [1.165, 1.54) is 17.9 Å². The first-order valence-electron chi connectivity index (χ1n) is 2.11. The van der Waals surface area contributed by atoms with Gasteiger partial charge in [-0.2, -0.15) is 11.8 Å². The maximum absolute atomic E-state index is 2.51. The molecular formula is C4H7IS. The summed E-state index contributed by atoms with van der Waals surface area (Å²) in [5, 5.41) is 0. The van der Waals surface area contributed by atoms with Gasteiger partial charge in [0.1, 0.15) is 0 Å². The Morgan fingerprint density at radius 1 is 1.67 bits per heavy atom. The molecule has 0 aliphatic carbocycles. The molecule has 1 aliphatic heterocycles. The van der Waals surface area contributed by atoms with Crippen molar-refractivity contribution in [1.82, 2.24) is 0 Å². The van der Waals surface area contributed by atoms with Gasteiger partial charge in [-0.25, -0.2) is 0 Å². The first-order chi connectivity index (χ1) is 2.89. The highest BCUT2D eigenvalue weighted by molar-refractivity contribution is 14.1. The molecule has 0 radical (unpaired) electrons. The predicted molar refractivity (Wildman–Crippen MR) is 39.8 cm³/mol. The Morgan fingerprint density at radius 3 is 2.67 bits per heavy atom. The molecule has 2 heteroatoms. The van der Waals surface area contributed by atoms with E-state index in [9.17, 15) is 0 Å². The highest BCUT2D eigenvalue weighted by Gasteiger charge is 2.09. The van der Waals surface area contributed by atoms with Crippen LogP contribution < -0.4 is 0 Å². The average molecular weight is 214 g/mol. The van der Waals surface area contributed by atoms with Gasteiger partial charge in [0.2, 0.25) is 0 Å². The Morgan fingerprint density at radius 2 is 2.50 bits per heavy atom. The summed E-state index contributed by atoms with van der Waals surface area (Å²) in [4.78, 5) is 0. The molecular weight excluding hydrogens is 207 g/mol. The fourth-order valence-corrected chi connectivity index (χ4v) is 3.04. The van der Waals surface area contributed by atoms with Crippen LogP contribution in [0.3, 0.4) is 0 Å². The van der Waals surface area contributed by atoms with Crippen molar-refractivity contribution in [2.24, 2.45) is 0 Å². The van der Waals surface area contributed by atoms with Crippen molar-refractivity contribution in [3.05, 3.63) is 0 Å². The van der Waals surface area contributed by atoms with Gasteiger partial charge in [-0.1, -0.05) is 22.6 Å². The Balaban J connectivity index is 2.18. The van der Waals surface area contributed by atoms with Gasteiger partial charge in [0.15, 0.2) is 0 Å². The van der Waals surface area contributed by atoms with Gasteiger partial charge in [-0.15, -0.1) is 0 Å². The van der Waals surface area contributed by atoms with Crippen LogP contribution in [-0.2, 0) is 0 Å². The summed E-state index contributed by atoms with van der Waals surface area (Å²) in [6, 6.07) is 0. The Hall–Kier alpha value is 1.08. The van der Waals surface area contributed by atoms with Gasteiger partial charge in [0, 0.05) is 9.68 Å². The Bertz CT molecular complexity index is 40.8. The molecule has 1 rings (SSSR count). The molecule has 0 spiro atoms. The molecule has 0 N–H and O–H groups in total. The lowest BCUT2D eigenvalue weighted by molar-refractivity contribution is 1.00. The SMILES string of the molecule is I[C@H]1CCSC1. The van der Waals surface area contributed by atoms with Crippen LogP contribution in [-0.4, -0.2) is 15.4 Å². The second kappa shape index (κ2) is 2.40. The van der Waals surface area contributed by atoms with E-state index in [4.69, 9.17) is 0 Å². The summed E-state index contributed by atoms with van der Waals surface area (Å²) in [6.45, 7) is 0. The van der Waals surface area contributed by atoms with E-state index in [2.05, 4.69) is 34.4 Å². The molecule has 1 atom stereocenters. The van der Waals surface area contributed by atoms with Crippen molar-refractivity contribution >= 4 is 34.4 Å². The molecule has 1 aliphatic rings. The van der Waals surface area contributed by atoms with E-state index in [0.717, 1.165) is 3.92 Å². The zero-order chi connectivity index (χ0) is 4.41. The third kappa shape index (κ3) is 1.30. The summed E-state index contributed by atoms with van der Waals surface area (Å²) in [5.74, 6) is 2.79. The minimum atomic E-state index is 0.979. The number of halogens is 1. The summed E-state index contributed by atoms with van der Waals surface area (Å²) in [6.07, 6.45) is 1.44. The largest absolute Gasteiger partial charge is 0.161 e. The fraction of sp³-hybridized carbons (Fsp3) is 1.00. The molecule has 0 aromatic heterocycles. The minimum absolute atomic E-state index is 0.979. The van der Waals surface area contributed by atoms with Crippen molar-refractivity contribution in [3.8, 4) is 0 Å². The van der Waals surface area contributed by atoms with Crippen LogP contribution in [0.25, 0.3) is 0 Å². The second-order valence-electron chi connectivity index (χ2n) is 1.46. The lowest BCUT2D eigenvalue weighted by atomic mass is 10.4. The molecule has 0 bridgehead atoms. The van der Waals surface area contributed by atoms with Crippen LogP contribution in [0.15, 0.2) is 0 Å². The number of alkyl halides is 1. The predicted octanol–water partition coefficient (Wildman–Crippen LogP) is 1.93. The molecule has 0 aromatic carbocycles. The lowest BCUT2D eigenvalue weighted by Crippen LogP contribution is -1.89. The first-order valence-corrected chi connectivity index (χ1v) is 4.51. The summed E-state index contributed by atoms with van der Waals surface area (Å²) in [7, 11) is 0. The number of rotatable bonds is 0. The van der Waals surface area contributed by atoms with E-state index in [1.807, 2.05) is 0 Å². The molecule has 0 nitrogen and oxygen atoms in total. The maximum Gasteiger partial charge on any atom is 0.0208 e. The van der Waals surface area contributed by atoms with E-state index in [1.54, 1.807) is 0 Å². The normalized spacial score (nSPS) is 34.5. The van der Waals surface area contributed by atoms with Crippen molar-refractivity contribution in [2.75, 3.05) is 11.5 Å². The molecule has 1 fully saturated rings. The highest BCUT2D eigenvalue weighted by atomic mass is 127. The Labute approximate surface area is 56.2 Å². The van der Waals surface area contributed by atoms with E-state index < -0.39 is 0 Å². The van der Waals surface area contributed by atoms with Crippen LogP contribution in [0, 0.1) is 0 Å². The molecule has 0 unspecified atom stereocenters. The third-order valence-electron chi connectivity index (χ3n) is 0.874. The smallest absolute Gasteiger partial charge is 0.0208 e. The van der Waals surface area contributed by atoms with Crippen LogP contribution in [0.2, 0.25) is 0 Å². The van der Waals surface area contributed by atoms with Crippen molar-refractivity contribution in [3.63, 3.8) is 0 Å². The minimum Gasteiger partial charge on any atom is -0.161 e. The van der Waals surface area contributed by atoms with Crippen LogP contribution in [0.1, 0.15) is 6.42 Å². The van der Waals surface area contributed by atoms with Crippen molar-refractivity contribution in [1.29, 1.82) is 0 Å². The van der Waals surface area contributed by atoms with E-state index >= 15 is 0 Å². The van der Waals surface area contributed by atoms with Crippen LogP contribution in [0.4, 0.5) is 0 Å². The lowest BCUT2D eigenvalue weighted by Gasteiger charge is -1.87. The van der Waals surface area contributed by atoms with Crippen molar-refractivity contribution < 1.29 is 0 Å². The standard InChI is InChI=1S/C4H7IS/c5-4-1-2-6-3-4/h4H,1-3H2/t4-/m0/s1. The van der Waals surface area contributed by atoms with Gasteiger partial charge in [-0.05, 0) is 12.2 Å². The number of thioether (sulfide) groups is 1. The molecule has 6 heavy (non-hydrogen) atoms. The van der Waals surface area contributed by atoms with Gasteiger partial charge < -0.3 is 0 Å². The average Bonchev–Trinajstić information content (AvgIpc) is 1.86. The maximum atomic E-state index is 2.51. The van der Waals surface area contributed by atoms with Gasteiger partial charge in [-0.3, -0.25) is 0 Å². The fourth-order valence-electron chi connectivity index (χ4n) is 0.506. The number of hydrogen-bond acceptors (Lipinski definition) is 1. The molecule has 1 saturated heterocycles. The summed E-state index contributed by atoms with van der Waals surface area (Å²) < 4.78 is 0.979. The van der Waals surface area contributed by atoms with Gasteiger partial charge in [0.05, 0.1) is 0 Å². The molecule has 0 amide bonds. The zero-order valence-electron chi connectivity index (χ0n) is 3.48. The third-order valence-corrected chi connectivity index (χ3v) is 3.70. The zero-order valence-corrected chi connectivity index (χ0v) is 6.46. The van der Waals surface area contributed by atoms with Crippen molar-refractivity contribution in [2.45, 2.75) is 10.3 Å². The highest BCUT2D eigenvalue weighted by Crippen LogP contribution is 2.23. The van der Waals surface area contributed by atoms with E-state index in [-0.39, 0.29) is 0 Å². The van der Waals surface area contributed by atoms with Gasteiger partial charge >= 0.3 is 0 Å².